The topological polar surface area (TPSA) is 80.9 Å². The van der Waals surface area contributed by atoms with Crippen molar-refractivity contribution in [3.05, 3.63) is 5.82 Å². The second-order valence-corrected chi connectivity index (χ2v) is 4.30. The second-order valence-electron chi connectivity index (χ2n) is 4.30. The number of unbranched alkanes of at least 4 members (excludes halogenated alkanes) is 3. The van der Waals surface area contributed by atoms with E-state index in [2.05, 4.69) is 22.4 Å². The Balaban J connectivity index is 2.50. The zero-order valence-corrected chi connectivity index (χ0v) is 10.5. The third-order valence-electron chi connectivity index (χ3n) is 2.70. The maximum atomic E-state index is 10.6. The van der Waals surface area contributed by atoms with Crippen molar-refractivity contribution in [2.24, 2.45) is 0 Å². The number of aromatic nitrogens is 4. The first-order valence-electron chi connectivity index (χ1n) is 6.13. The van der Waals surface area contributed by atoms with Gasteiger partial charge in [0.25, 0.3) is 0 Å². The van der Waals surface area contributed by atoms with Gasteiger partial charge in [-0.25, -0.2) is 4.68 Å². The summed E-state index contributed by atoms with van der Waals surface area (Å²) in [5, 5.41) is 20.2. The van der Waals surface area contributed by atoms with Gasteiger partial charge in [0.1, 0.15) is 0 Å². The Morgan fingerprint density at radius 2 is 2.18 bits per heavy atom. The molecule has 1 unspecified atom stereocenters. The summed E-state index contributed by atoms with van der Waals surface area (Å²) in [6.45, 7) is 3.99. The first-order valence-corrected chi connectivity index (χ1v) is 6.13. The van der Waals surface area contributed by atoms with E-state index in [0.29, 0.717) is 0 Å². The molecule has 0 amide bonds. The molecule has 0 radical (unpaired) electrons. The quantitative estimate of drug-likeness (QED) is 0.701. The van der Waals surface area contributed by atoms with E-state index in [4.69, 9.17) is 5.11 Å². The highest BCUT2D eigenvalue weighted by Crippen LogP contribution is 2.12. The Hall–Kier alpha value is -1.46. The van der Waals surface area contributed by atoms with Crippen LogP contribution in [0, 0.1) is 0 Å². The zero-order chi connectivity index (χ0) is 12.7. The fourth-order valence-corrected chi connectivity index (χ4v) is 1.77. The van der Waals surface area contributed by atoms with Gasteiger partial charge >= 0.3 is 5.97 Å². The number of carbonyl (C=O) groups is 1. The van der Waals surface area contributed by atoms with E-state index in [1.807, 2.05) is 6.92 Å². The highest BCUT2D eigenvalue weighted by atomic mass is 16.4. The number of hydrogen-bond acceptors (Lipinski definition) is 4. The van der Waals surface area contributed by atoms with Crippen LogP contribution in [0.25, 0.3) is 0 Å². The number of aliphatic carboxylic acids is 1. The number of hydrogen-bond donors (Lipinski definition) is 1. The lowest BCUT2D eigenvalue weighted by Crippen LogP contribution is -2.15. The molecule has 1 aromatic rings. The molecule has 1 N–H and O–H groups in total. The van der Waals surface area contributed by atoms with Crippen LogP contribution in [-0.2, 0) is 11.2 Å². The number of carboxylic acid groups (broad SMARTS) is 1. The van der Waals surface area contributed by atoms with Crippen LogP contribution < -0.4 is 0 Å². The highest BCUT2D eigenvalue weighted by Gasteiger charge is 2.15. The Bertz CT molecular complexity index is 351. The van der Waals surface area contributed by atoms with Crippen molar-refractivity contribution in [3.8, 4) is 0 Å². The van der Waals surface area contributed by atoms with Gasteiger partial charge in [0, 0.05) is 6.42 Å². The number of rotatable bonds is 8. The first kappa shape index (κ1) is 13.6. The fraction of sp³-hybridized carbons (Fsp3) is 0.818. The van der Waals surface area contributed by atoms with Gasteiger partial charge in [-0.2, -0.15) is 0 Å². The standard InChI is InChI=1S/C11H20N4O2/c1-3-4-5-6-7-10-12-13-14-15(10)9(2)8-11(16)17/h9H,3-8H2,1-2H3,(H,16,17). The zero-order valence-electron chi connectivity index (χ0n) is 10.5. The van der Waals surface area contributed by atoms with Crippen molar-refractivity contribution < 1.29 is 9.90 Å². The maximum absolute atomic E-state index is 10.6. The van der Waals surface area contributed by atoms with Crippen molar-refractivity contribution in [1.82, 2.24) is 20.2 Å². The molecule has 0 aliphatic rings. The molecular weight excluding hydrogens is 220 g/mol. The molecule has 96 valence electrons. The average Bonchev–Trinajstić information content (AvgIpc) is 2.71. The summed E-state index contributed by atoms with van der Waals surface area (Å²) in [5.74, 6) is -0.0419. The lowest BCUT2D eigenvalue weighted by Gasteiger charge is -2.10. The molecule has 17 heavy (non-hydrogen) atoms. The van der Waals surface area contributed by atoms with Gasteiger partial charge in [-0.1, -0.05) is 26.2 Å². The molecule has 1 rings (SSSR count). The fourth-order valence-electron chi connectivity index (χ4n) is 1.77. The SMILES string of the molecule is CCCCCCc1nnnn1C(C)CC(=O)O. The predicted octanol–water partition coefficient (Wildman–Crippen LogP) is 1.83. The van der Waals surface area contributed by atoms with E-state index < -0.39 is 5.97 Å². The van der Waals surface area contributed by atoms with Gasteiger partial charge in [-0.15, -0.1) is 5.10 Å². The van der Waals surface area contributed by atoms with Crippen LogP contribution in [0.1, 0.15) is 57.8 Å². The van der Waals surface area contributed by atoms with Crippen molar-refractivity contribution in [2.45, 2.75) is 58.4 Å². The van der Waals surface area contributed by atoms with Crippen LogP contribution in [0.2, 0.25) is 0 Å². The minimum Gasteiger partial charge on any atom is -0.481 e. The maximum Gasteiger partial charge on any atom is 0.305 e. The minimum atomic E-state index is -0.829. The summed E-state index contributed by atoms with van der Waals surface area (Å²) < 4.78 is 1.63. The largest absolute Gasteiger partial charge is 0.481 e. The summed E-state index contributed by atoms with van der Waals surface area (Å²) in [5.41, 5.74) is 0. The molecular formula is C11H20N4O2. The molecule has 0 aliphatic carbocycles. The average molecular weight is 240 g/mol. The Kier molecular flexibility index (Phi) is 5.59. The number of aryl methyl sites for hydroxylation is 1. The Morgan fingerprint density at radius 1 is 1.41 bits per heavy atom. The summed E-state index contributed by atoms with van der Waals surface area (Å²) in [6.07, 6.45) is 5.49. The van der Waals surface area contributed by atoms with Gasteiger partial charge < -0.3 is 5.11 Å². The van der Waals surface area contributed by atoms with Crippen molar-refractivity contribution in [3.63, 3.8) is 0 Å². The predicted molar refractivity (Wildman–Crippen MR) is 62.6 cm³/mol. The van der Waals surface area contributed by atoms with E-state index in [-0.39, 0.29) is 12.5 Å². The normalized spacial score (nSPS) is 12.6. The number of tetrazole rings is 1. The minimum absolute atomic E-state index is 0.0486. The van der Waals surface area contributed by atoms with E-state index >= 15 is 0 Å². The molecule has 0 fully saturated rings. The molecule has 6 heteroatoms. The third kappa shape index (κ3) is 4.50. The lowest BCUT2D eigenvalue weighted by molar-refractivity contribution is -0.137. The molecule has 0 bridgehead atoms. The van der Waals surface area contributed by atoms with Crippen LogP contribution in [0.15, 0.2) is 0 Å². The van der Waals surface area contributed by atoms with Gasteiger partial charge in [0.15, 0.2) is 5.82 Å². The van der Waals surface area contributed by atoms with Gasteiger partial charge in [0.2, 0.25) is 0 Å². The van der Waals surface area contributed by atoms with Crippen molar-refractivity contribution in [1.29, 1.82) is 0 Å². The molecule has 0 aliphatic heterocycles. The van der Waals surface area contributed by atoms with E-state index in [1.165, 1.54) is 12.8 Å². The molecule has 1 aromatic heterocycles. The molecule has 0 aromatic carbocycles. The van der Waals surface area contributed by atoms with Crippen LogP contribution in [-0.4, -0.2) is 31.3 Å². The lowest BCUT2D eigenvalue weighted by atomic mass is 10.1. The molecule has 0 saturated heterocycles. The monoisotopic (exact) mass is 240 g/mol. The second kappa shape index (κ2) is 6.98. The summed E-state index contributed by atoms with van der Waals surface area (Å²) in [4.78, 5) is 10.6. The molecule has 0 saturated carbocycles. The summed E-state index contributed by atoms with van der Waals surface area (Å²) in [6, 6.07) is -0.191. The molecule has 1 atom stereocenters. The number of carboxylic acids is 1. The first-order chi connectivity index (χ1) is 8.15. The highest BCUT2D eigenvalue weighted by molar-refractivity contribution is 5.67. The Morgan fingerprint density at radius 3 is 2.82 bits per heavy atom. The van der Waals surface area contributed by atoms with Gasteiger partial charge in [0.05, 0.1) is 12.5 Å². The van der Waals surface area contributed by atoms with Crippen molar-refractivity contribution >= 4 is 5.97 Å². The van der Waals surface area contributed by atoms with Crippen LogP contribution in [0.4, 0.5) is 0 Å². The third-order valence-corrected chi connectivity index (χ3v) is 2.70. The summed E-state index contributed by atoms with van der Waals surface area (Å²) >= 11 is 0. The van der Waals surface area contributed by atoms with Gasteiger partial charge in [-0.05, 0) is 23.8 Å². The molecule has 1 heterocycles. The van der Waals surface area contributed by atoms with Crippen LogP contribution in [0.3, 0.4) is 0 Å². The number of nitrogens with zero attached hydrogens (tertiary/aromatic N) is 4. The van der Waals surface area contributed by atoms with E-state index in [0.717, 1.165) is 25.1 Å². The van der Waals surface area contributed by atoms with Crippen LogP contribution >= 0.6 is 0 Å². The molecule has 6 nitrogen and oxygen atoms in total. The van der Waals surface area contributed by atoms with E-state index in [1.54, 1.807) is 4.68 Å². The van der Waals surface area contributed by atoms with E-state index in [9.17, 15) is 4.79 Å². The smallest absolute Gasteiger partial charge is 0.305 e. The van der Waals surface area contributed by atoms with Crippen LogP contribution in [0.5, 0.6) is 0 Å². The Labute approximate surface area is 101 Å². The van der Waals surface area contributed by atoms with Crippen molar-refractivity contribution in [2.75, 3.05) is 0 Å². The molecule has 0 spiro atoms. The van der Waals surface area contributed by atoms with Gasteiger partial charge in [-0.3, -0.25) is 4.79 Å². The summed E-state index contributed by atoms with van der Waals surface area (Å²) in [7, 11) is 0.